The lowest BCUT2D eigenvalue weighted by Crippen LogP contribution is -1.99. The van der Waals surface area contributed by atoms with Crippen molar-refractivity contribution in [3.8, 4) is 11.1 Å². The van der Waals surface area contributed by atoms with E-state index in [0.717, 1.165) is 23.4 Å². The first kappa shape index (κ1) is 12.6. The van der Waals surface area contributed by atoms with Gasteiger partial charge in [-0.3, -0.25) is 4.98 Å². The van der Waals surface area contributed by atoms with Crippen LogP contribution < -0.4 is 5.73 Å². The molecule has 1 atom stereocenters. The zero-order valence-corrected chi connectivity index (χ0v) is 10.8. The van der Waals surface area contributed by atoms with Gasteiger partial charge >= 0.3 is 0 Å². The van der Waals surface area contributed by atoms with E-state index in [9.17, 15) is 0 Å². The third-order valence-electron chi connectivity index (χ3n) is 2.96. The molecule has 2 rings (SSSR count). The second-order valence-electron chi connectivity index (χ2n) is 4.18. The van der Waals surface area contributed by atoms with Crippen LogP contribution in [0, 0.1) is 0 Å². The number of anilines is 1. The molecule has 3 nitrogen and oxygen atoms in total. The average molecular weight is 242 g/mol. The Morgan fingerprint density at radius 2 is 1.94 bits per heavy atom. The summed E-state index contributed by atoms with van der Waals surface area (Å²) in [7, 11) is 0. The van der Waals surface area contributed by atoms with Crippen molar-refractivity contribution in [2.45, 2.75) is 20.0 Å². The molecule has 1 unspecified atom stereocenters. The van der Waals surface area contributed by atoms with Crippen LogP contribution in [0.15, 0.2) is 42.7 Å². The Labute approximate surface area is 108 Å². The van der Waals surface area contributed by atoms with Crippen LogP contribution in [0.3, 0.4) is 0 Å². The summed E-state index contributed by atoms with van der Waals surface area (Å²) in [6.07, 6.45) is 3.61. The molecule has 0 fully saturated rings. The second kappa shape index (κ2) is 5.65. The molecule has 2 aromatic rings. The first-order valence-corrected chi connectivity index (χ1v) is 6.13. The van der Waals surface area contributed by atoms with Gasteiger partial charge in [-0.1, -0.05) is 24.3 Å². The van der Waals surface area contributed by atoms with Gasteiger partial charge in [-0.25, -0.2) is 0 Å². The summed E-state index contributed by atoms with van der Waals surface area (Å²) in [6, 6.07) is 10.1. The van der Waals surface area contributed by atoms with E-state index < -0.39 is 0 Å². The molecule has 1 aromatic carbocycles. The van der Waals surface area contributed by atoms with E-state index >= 15 is 0 Å². The Kier molecular flexibility index (Phi) is 3.95. The summed E-state index contributed by atoms with van der Waals surface area (Å²) in [4.78, 5) is 4.10. The monoisotopic (exact) mass is 242 g/mol. The topological polar surface area (TPSA) is 48.1 Å². The summed E-state index contributed by atoms with van der Waals surface area (Å²) in [5.41, 5.74) is 9.89. The van der Waals surface area contributed by atoms with Crippen molar-refractivity contribution in [2.75, 3.05) is 12.3 Å². The zero-order valence-electron chi connectivity index (χ0n) is 10.8. The lowest BCUT2D eigenvalue weighted by Gasteiger charge is -2.12. The smallest absolute Gasteiger partial charge is 0.0796 e. The van der Waals surface area contributed by atoms with Gasteiger partial charge < -0.3 is 10.5 Å². The normalized spacial score (nSPS) is 12.3. The van der Waals surface area contributed by atoms with Crippen molar-refractivity contribution < 1.29 is 4.74 Å². The van der Waals surface area contributed by atoms with E-state index in [-0.39, 0.29) is 6.10 Å². The van der Waals surface area contributed by atoms with Gasteiger partial charge in [0.1, 0.15) is 0 Å². The van der Waals surface area contributed by atoms with Crippen molar-refractivity contribution in [3.63, 3.8) is 0 Å². The number of pyridine rings is 1. The molecule has 0 aliphatic rings. The number of benzene rings is 1. The van der Waals surface area contributed by atoms with Crippen LogP contribution in [0.5, 0.6) is 0 Å². The Balaban J connectivity index is 2.25. The molecule has 1 heterocycles. The standard InChI is InChI=1S/C15H18N2O/c1-3-18-11(2)12-4-6-13(7-5-12)14-10-17-9-8-15(14)16/h4-11H,3H2,1-2H3,(H2,16,17). The molecule has 0 saturated carbocycles. The third kappa shape index (κ3) is 2.68. The molecule has 0 radical (unpaired) electrons. The number of nitrogen functional groups attached to an aromatic ring is 1. The Morgan fingerprint density at radius 1 is 1.22 bits per heavy atom. The molecule has 1 aromatic heterocycles. The SMILES string of the molecule is CCOC(C)c1ccc(-c2cnccc2N)cc1. The van der Waals surface area contributed by atoms with Gasteiger partial charge in [-0.2, -0.15) is 0 Å². The minimum absolute atomic E-state index is 0.121. The fraction of sp³-hybridized carbons (Fsp3) is 0.267. The minimum Gasteiger partial charge on any atom is -0.398 e. The van der Waals surface area contributed by atoms with E-state index in [1.54, 1.807) is 12.4 Å². The highest BCUT2D eigenvalue weighted by Crippen LogP contribution is 2.26. The maximum absolute atomic E-state index is 5.93. The van der Waals surface area contributed by atoms with Gasteiger partial charge in [0.05, 0.1) is 6.10 Å². The molecule has 0 saturated heterocycles. The summed E-state index contributed by atoms with van der Waals surface area (Å²) >= 11 is 0. The van der Waals surface area contributed by atoms with E-state index in [4.69, 9.17) is 10.5 Å². The lowest BCUT2D eigenvalue weighted by atomic mass is 10.0. The maximum atomic E-state index is 5.93. The second-order valence-corrected chi connectivity index (χ2v) is 4.18. The van der Waals surface area contributed by atoms with Crippen LogP contribution in [-0.4, -0.2) is 11.6 Å². The fourth-order valence-corrected chi connectivity index (χ4v) is 1.93. The van der Waals surface area contributed by atoms with Crippen LogP contribution in [0.25, 0.3) is 11.1 Å². The molecule has 0 aliphatic heterocycles. The highest BCUT2D eigenvalue weighted by Gasteiger charge is 2.06. The van der Waals surface area contributed by atoms with Crippen molar-refractivity contribution in [1.29, 1.82) is 0 Å². The number of hydrogen-bond acceptors (Lipinski definition) is 3. The fourth-order valence-electron chi connectivity index (χ4n) is 1.93. The third-order valence-corrected chi connectivity index (χ3v) is 2.96. The van der Waals surface area contributed by atoms with Crippen molar-refractivity contribution in [3.05, 3.63) is 48.3 Å². The Morgan fingerprint density at radius 3 is 2.56 bits per heavy atom. The van der Waals surface area contributed by atoms with E-state index in [1.165, 1.54) is 5.56 Å². The molecule has 0 spiro atoms. The zero-order chi connectivity index (χ0) is 13.0. The first-order chi connectivity index (χ1) is 8.72. The van der Waals surface area contributed by atoms with Crippen molar-refractivity contribution in [1.82, 2.24) is 4.98 Å². The largest absolute Gasteiger partial charge is 0.398 e. The molecule has 18 heavy (non-hydrogen) atoms. The van der Waals surface area contributed by atoms with E-state index in [0.29, 0.717) is 0 Å². The molecule has 3 heteroatoms. The van der Waals surface area contributed by atoms with E-state index in [1.807, 2.05) is 13.0 Å². The van der Waals surface area contributed by atoms with Crippen molar-refractivity contribution >= 4 is 5.69 Å². The van der Waals surface area contributed by atoms with Crippen molar-refractivity contribution in [2.24, 2.45) is 0 Å². The van der Waals surface area contributed by atoms with Crippen LogP contribution in [-0.2, 0) is 4.74 Å². The van der Waals surface area contributed by atoms with Crippen LogP contribution >= 0.6 is 0 Å². The highest BCUT2D eigenvalue weighted by atomic mass is 16.5. The summed E-state index contributed by atoms with van der Waals surface area (Å²) in [5, 5.41) is 0. The maximum Gasteiger partial charge on any atom is 0.0796 e. The molecule has 0 amide bonds. The van der Waals surface area contributed by atoms with Gasteiger partial charge in [-0.05, 0) is 31.0 Å². The van der Waals surface area contributed by atoms with Gasteiger partial charge in [0.2, 0.25) is 0 Å². The van der Waals surface area contributed by atoms with Crippen LogP contribution in [0.1, 0.15) is 25.5 Å². The van der Waals surface area contributed by atoms with Gasteiger partial charge in [0.15, 0.2) is 0 Å². The number of ether oxygens (including phenoxy) is 1. The Bertz CT molecular complexity index is 508. The Hall–Kier alpha value is -1.87. The minimum atomic E-state index is 0.121. The van der Waals surface area contributed by atoms with Crippen LogP contribution in [0.2, 0.25) is 0 Å². The number of aromatic nitrogens is 1. The summed E-state index contributed by atoms with van der Waals surface area (Å²) in [6.45, 7) is 4.77. The number of nitrogens with zero attached hydrogens (tertiary/aromatic N) is 1. The van der Waals surface area contributed by atoms with Crippen LogP contribution in [0.4, 0.5) is 5.69 Å². The van der Waals surface area contributed by atoms with Gasteiger partial charge in [-0.15, -0.1) is 0 Å². The molecule has 94 valence electrons. The lowest BCUT2D eigenvalue weighted by molar-refractivity contribution is 0.0764. The number of nitrogens with two attached hydrogens (primary N) is 1. The summed E-state index contributed by atoms with van der Waals surface area (Å²) in [5.74, 6) is 0. The predicted octanol–water partition coefficient (Wildman–Crippen LogP) is 3.43. The molecule has 2 N–H and O–H groups in total. The summed E-state index contributed by atoms with van der Waals surface area (Å²) < 4.78 is 5.56. The molecule has 0 bridgehead atoms. The average Bonchev–Trinajstić information content (AvgIpc) is 2.40. The van der Waals surface area contributed by atoms with Gasteiger partial charge in [0, 0.05) is 30.3 Å². The first-order valence-electron chi connectivity index (χ1n) is 6.13. The molecule has 0 aliphatic carbocycles. The number of hydrogen-bond donors (Lipinski definition) is 1. The van der Waals surface area contributed by atoms with E-state index in [2.05, 4.69) is 36.2 Å². The quantitative estimate of drug-likeness (QED) is 0.893. The number of rotatable bonds is 4. The highest BCUT2D eigenvalue weighted by molar-refractivity contribution is 5.75. The predicted molar refractivity (Wildman–Crippen MR) is 74.1 cm³/mol. The molecular formula is C15H18N2O. The molecular weight excluding hydrogens is 224 g/mol. The van der Waals surface area contributed by atoms with Gasteiger partial charge in [0.25, 0.3) is 0 Å².